The number of nitrogens with one attached hydrogen (secondary N) is 1. The van der Waals surface area contributed by atoms with Gasteiger partial charge in [0.15, 0.2) is 0 Å². The van der Waals surface area contributed by atoms with Gasteiger partial charge in [0, 0.05) is 24.9 Å². The van der Waals surface area contributed by atoms with Crippen molar-refractivity contribution in [3.8, 4) is 0 Å². The summed E-state index contributed by atoms with van der Waals surface area (Å²) in [5.41, 5.74) is 3.03. The van der Waals surface area contributed by atoms with Crippen LogP contribution >= 0.6 is 0 Å². The van der Waals surface area contributed by atoms with Crippen molar-refractivity contribution in [2.24, 2.45) is 5.10 Å². The number of carbonyl (C=O) groups excluding carboxylic acids is 1. The fourth-order valence-electron chi connectivity index (χ4n) is 1.84. The van der Waals surface area contributed by atoms with Gasteiger partial charge in [0.05, 0.1) is 6.54 Å². The molecule has 0 bridgehead atoms. The van der Waals surface area contributed by atoms with E-state index in [1.807, 2.05) is 44.1 Å². The molecule has 1 N–H and O–H groups in total. The van der Waals surface area contributed by atoms with Crippen LogP contribution in [0.25, 0.3) is 0 Å². The Morgan fingerprint density at radius 1 is 1.42 bits per heavy atom. The van der Waals surface area contributed by atoms with E-state index in [4.69, 9.17) is 0 Å². The second-order valence-electron chi connectivity index (χ2n) is 5.11. The lowest BCUT2D eigenvalue weighted by atomic mass is 10.1. The molecule has 0 atom stereocenters. The first-order valence-electron chi connectivity index (χ1n) is 6.68. The molecule has 1 saturated carbocycles. The number of nitrogens with zero attached hydrogens (tertiary/aromatic N) is 2. The second kappa shape index (κ2) is 5.87. The summed E-state index contributed by atoms with van der Waals surface area (Å²) in [5, 5.41) is 9.08. The lowest BCUT2D eigenvalue weighted by Gasteiger charge is -2.10. The summed E-state index contributed by atoms with van der Waals surface area (Å²) in [6.07, 6.45) is 4.20. The van der Waals surface area contributed by atoms with E-state index in [-0.39, 0.29) is 5.91 Å². The summed E-state index contributed by atoms with van der Waals surface area (Å²) in [4.78, 5) is 11.9. The number of benzene rings is 1. The smallest absolute Gasteiger partial charge is 0.251 e. The lowest BCUT2D eigenvalue weighted by Crippen LogP contribution is -2.26. The Bertz CT molecular complexity index is 492. The standard InChI is InChI=1S/C15H21N3O/c1-11-4-5-13(10-12(11)2)15(19)16-8-9-17-18(3)14-6-7-14/h4-5,9-10,14H,6-8H2,1-3H3,(H,16,19)/b17-9-. The van der Waals surface area contributed by atoms with Crippen molar-refractivity contribution in [1.82, 2.24) is 10.3 Å². The summed E-state index contributed by atoms with van der Waals surface area (Å²) in [5.74, 6) is -0.0522. The van der Waals surface area contributed by atoms with Crippen LogP contribution in [0, 0.1) is 13.8 Å². The van der Waals surface area contributed by atoms with E-state index in [0.29, 0.717) is 18.2 Å². The molecule has 0 unspecified atom stereocenters. The Morgan fingerprint density at radius 3 is 2.79 bits per heavy atom. The Balaban J connectivity index is 1.81. The summed E-state index contributed by atoms with van der Waals surface area (Å²) in [6.45, 7) is 4.51. The van der Waals surface area contributed by atoms with Gasteiger partial charge in [-0.2, -0.15) is 5.10 Å². The maximum absolute atomic E-state index is 11.9. The molecule has 4 nitrogen and oxygen atoms in total. The third-order valence-corrected chi connectivity index (χ3v) is 3.46. The lowest BCUT2D eigenvalue weighted by molar-refractivity contribution is 0.0959. The highest BCUT2D eigenvalue weighted by atomic mass is 16.1. The van der Waals surface area contributed by atoms with Crippen molar-refractivity contribution in [3.05, 3.63) is 34.9 Å². The molecular formula is C15H21N3O. The van der Waals surface area contributed by atoms with Crippen molar-refractivity contribution >= 4 is 12.1 Å². The topological polar surface area (TPSA) is 44.7 Å². The fourth-order valence-corrected chi connectivity index (χ4v) is 1.84. The Morgan fingerprint density at radius 2 is 2.16 bits per heavy atom. The van der Waals surface area contributed by atoms with Crippen LogP contribution < -0.4 is 5.32 Å². The first kappa shape index (κ1) is 13.6. The predicted molar refractivity (Wildman–Crippen MR) is 77.5 cm³/mol. The van der Waals surface area contributed by atoms with Crippen molar-refractivity contribution in [3.63, 3.8) is 0 Å². The SMILES string of the molecule is Cc1ccc(C(=O)NC/C=N\N(C)C2CC2)cc1C. The van der Waals surface area contributed by atoms with Crippen molar-refractivity contribution in [2.75, 3.05) is 13.6 Å². The zero-order valence-corrected chi connectivity index (χ0v) is 11.8. The molecule has 102 valence electrons. The predicted octanol–water partition coefficient (Wildman–Crippen LogP) is 2.11. The minimum absolute atomic E-state index is 0.0522. The van der Waals surface area contributed by atoms with Crippen LogP contribution in [0.5, 0.6) is 0 Å². The van der Waals surface area contributed by atoms with Gasteiger partial charge in [0.2, 0.25) is 0 Å². The second-order valence-corrected chi connectivity index (χ2v) is 5.11. The zero-order valence-electron chi connectivity index (χ0n) is 11.8. The molecule has 1 fully saturated rings. The van der Waals surface area contributed by atoms with Gasteiger partial charge in [-0.1, -0.05) is 6.07 Å². The molecule has 0 radical (unpaired) electrons. The van der Waals surface area contributed by atoms with E-state index < -0.39 is 0 Å². The quantitative estimate of drug-likeness (QED) is 0.650. The highest BCUT2D eigenvalue weighted by Gasteiger charge is 2.24. The van der Waals surface area contributed by atoms with E-state index >= 15 is 0 Å². The van der Waals surface area contributed by atoms with Gasteiger partial charge in [-0.25, -0.2) is 0 Å². The maximum atomic E-state index is 11.9. The highest BCUT2D eigenvalue weighted by molar-refractivity contribution is 5.95. The third-order valence-electron chi connectivity index (χ3n) is 3.46. The van der Waals surface area contributed by atoms with Crippen LogP contribution in [0.4, 0.5) is 0 Å². The van der Waals surface area contributed by atoms with Crippen LogP contribution in [0.2, 0.25) is 0 Å². The molecule has 0 aromatic heterocycles. The number of hydrogen-bond donors (Lipinski definition) is 1. The summed E-state index contributed by atoms with van der Waals surface area (Å²) >= 11 is 0. The minimum Gasteiger partial charge on any atom is -0.347 e. The molecule has 0 aliphatic heterocycles. The molecule has 0 heterocycles. The molecule has 4 heteroatoms. The van der Waals surface area contributed by atoms with E-state index in [1.165, 1.54) is 18.4 Å². The van der Waals surface area contributed by atoms with Crippen LogP contribution in [-0.4, -0.2) is 36.8 Å². The molecule has 2 rings (SSSR count). The molecule has 1 aliphatic carbocycles. The molecule has 1 aromatic rings. The van der Waals surface area contributed by atoms with Crippen LogP contribution in [0.15, 0.2) is 23.3 Å². The normalized spacial score (nSPS) is 14.7. The number of amides is 1. The molecule has 1 aromatic carbocycles. The molecule has 1 aliphatic rings. The fraction of sp³-hybridized carbons (Fsp3) is 0.467. The summed E-state index contributed by atoms with van der Waals surface area (Å²) in [7, 11) is 1.97. The highest BCUT2D eigenvalue weighted by Crippen LogP contribution is 2.24. The first-order chi connectivity index (χ1) is 9.08. The molecule has 0 spiro atoms. The summed E-state index contributed by atoms with van der Waals surface area (Å²) < 4.78 is 0. The van der Waals surface area contributed by atoms with E-state index in [2.05, 4.69) is 10.4 Å². The van der Waals surface area contributed by atoms with Crippen molar-refractivity contribution in [1.29, 1.82) is 0 Å². The van der Waals surface area contributed by atoms with Crippen molar-refractivity contribution in [2.45, 2.75) is 32.7 Å². The molecular weight excluding hydrogens is 238 g/mol. The van der Waals surface area contributed by atoms with Gasteiger partial charge in [-0.05, 0) is 49.9 Å². The van der Waals surface area contributed by atoms with Gasteiger partial charge >= 0.3 is 0 Å². The molecule has 19 heavy (non-hydrogen) atoms. The molecule has 1 amide bonds. The average molecular weight is 259 g/mol. The van der Waals surface area contributed by atoms with Gasteiger partial charge in [0.1, 0.15) is 0 Å². The van der Waals surface area contributed by atoms with Crippen LogP contribution in [0.1, 0.15) is 34.3 Å². The van der Waals surface area contributed by atoms with E-state index in [1.54, 1.807) is 6.21 Å². The summed E-state index contributed by atoms with van der Waals surface area (Å²) in [6, 6.07) is 6.34. The monoisotopic (exact) mass is 259 g/mol. The van der Waals surface area contributed by atoms with E-state index in [9.17, 15) is 4.79 Å². The number of carbonyl (C=O) groups is 1. The zero-order chi connectivity index (χ0) is 13.8. The number of rotatable bonds is 5. The van der Waals surface area contributed by atoms with Crippen LogP contribution in [0.3, 0.4) is 0 Å². The van der Waals surface area contributed by atoms with Gasteiger partial charge in [0.25, 0.3) is 5.91 Å². The third kappa shape index (κ3) is 3.81. The average Bonchev–Trinajstić information content (AvgIpc) is 3.21. The maximum Gasteiger partial charge on any atom is 0.251 e. The van der Waals surface area contributed by atoms with Gasteiger partial charge < -0.3 is 5.32 Å². The van der Waals surface area contributed by atoms with E-state index in [0.717, 1.165) is 5.56 Å². The Kier molecular flexibility index (Phi) is 4.20. The number of hydrazone groups is 1. The largest absolute Gasteiger partial charge is 0.347 e. The number of hydrogen-bond acceptors (Lipinski definition) is 3. The van der Waals surface area contributed by atoms with Gasteiger partial charge in [-0.15, -0.1) is 0 Å². The Hall–Kier alpha value is -1.84. The van der Waals surface area contributed by atoms with Gasteiger partial charge in [-0.3, -0.25) is 9.80 Å². The van der Waals surface area contributed by atoms with Crippen LogP contribution in [-0.2, 0) is 0 Å². The first-order valence-corrected chi connectivity index (χ1v) is 6.68. The molecule has 0 saturated heterocycles. The Labute approximate surface area is 114 Å². The minimum atomic E-state index is -0.0522. The number of aryl methyl sites for hydroxylation is 2. The van der Waals surface area contributed by atoms with Crippen molar-refractivity contribution < 1.29 is 4.79 Å².